The van der Waals surface area contributed by atoms with Gasteiger partial charge in [-0.1, -0.05) is 6.92 Å². The molecule has 4 nitrogen and oxygen atoms in total. The van der Waals surface area contributed by atoms with Gasteiger partial charge in [0.05, 0.1) is 13.2 Å². The number of carbonyl (C=O) groups excluding carboxylic acids is 2. The zero-order valence-corrected chi connectivity index (χ0v) is 7.54. The monoisotopic (exact) mass is 184 g/mol. The van der Waals surface area contributed by atoms with E-state index in [9.17, 15) is 9.59 Å². The summed E-state index contributed by atoms with van der Waals surface area (Å²) >= 11 is 0. The Labute approximate surface area is 77.2 Å². The van der Waals surface area contributed by atoms with Crippen molar-refractivity contribution < 1.29 is 19.1 Å². The first-order valence-electron chi connectivity index (χ1n) is 3.99. The molecule has 0 unspecified atom stereocenters. The van der Waals surface area contributed by atoms with Crippen LogP contribution in [0.1, 0.15) is 19.8 Å². The predicted molar refractivity (Wildman–Crippen MR) is 45.7 cm³/mol. The fourth-order valence-corrected chi connectivity index (χ4v) is 0.554. The van der Waals surface area contributed by atoms with Gasteiger partial charge >= 0.3 is 11.9 Å². The predicted octanol–water partition coefficient (Wildman–Crippen LogP) is 0.506. The van der Waals surface area contributed by atoms with Crippen molar-refractivity contribution in [3.05, 3.63) is 0 Å². The first kappa shape index (κ1) is 11.5. The van der Waals surface area contributed by atoms with Crippen molar-refractivity contribution in [1.82, 2.24) is 0 Å². The first-order chi connectivity index (χ1) is 6.20. The second-order valence-electron chi connectivity index (χ2n) is 2.21. The largest absolute Gasteiger partial charge is 0.466 e. The third kappa shape index (κ3) is 6.88. The van der Waals surface area contributed by atoms with Crippen molar-refractivity contribution in [2.24, 2.45) is 0 Å². The third-order valence-corrected chi connectivity index (χ3v) is 1.19. The van der Waals surface area contributed by atoms with Gasteiger partial charge < -0.3 is 9.47 Å². The zero-order valence-electron chi connectivity index (χ0n) is 7.54. The molecular weight excluding hydrogens is 172 g/mol. The Balaban J connectivity index is 3.23. The lowest BCUT2D eigenvalue weighted by molar-refractivity contribution is -0.144. The minimum absolute atomic E-state index is 0.181. The highest BCUT2D eigenvalue weighted by molar-refractivity contribution is 5.87. The van der Waals surface area contributed by atoms with Crippen LogP contribution < -0.4 is 0 Å². The van der Waals surface area contributed by atoms with Crippen LogP contribution in [-0.2, 0) is 19.1 Å². The molecule has 0 aliphatic heterocycles. The van der Waals surface area contributed by atoms with Gasteiger partial charge in [-0.15, -0.1) is 6.42 Å². The summed E-state index contributed by atoms with van der Waals surface area (Å²) in [5.74, 6) is 0.853. The van der Waals surface area contributed by atoms with Crippen molar-refractivity contribution in [2.75, 3.05) is 13.2 Å². The molecule has 0 spiro atoms. The molecule has 0 saturated carbocycles. The van der Waals surface area contributed by atoms with Crippen LogP contribution in [0.15, 0.2) is 0 Å². The highest BCUT2D eigenvalue weighted by Crippen LogP contribution is 1.89. The Morgan fingerprint density at radius 1 is 1.31 bits per heavy atom. The molecule has 0 heterocycles. The van der Waals surface area contributed by atoms with E-state index in [1.807, 2.05) is 0 Å². The molecule has 0 aliphatic rings. The fraction of sp³-hybridized carbons (Fsp3) is 0.556. The molecule has 0 atom stereocenters. The summed E-state index contributed by atoms with van der Waals surface area (Å²) in [4.78, 5) is 21.0. The minimum Gasteiger partial charge on any atom is -0.466 e. The summed E-state index contributed by atoms with van der Waals surface area (Å²) in [7, 11) is 0. The summed E-state index contributed by atoms with van der Waals surface area (Å²) in [6.45, 7) is 2.14. The Morgan fingerprint density at radius 2 is 1.92 bits per heavy atom. The Morgan fingerprint density at radius 3 is 2.46 bits per heavy atom. The number of rotatable bonds is 5. The van der Waals surface area contributed by atoms with Crippen LogP contribution in [-0.4, -0.2) is 25.2 Å². The molecule has 0 amide bonds. The average molecular weight is 184 g/mol. The van der Waals surface area contributed by atoms with Gasteiger partial charge in [-0.2, -0.15) is 0 Å². The molecule has 0 aromatic carbocycles. The van der Waals surface area contributed by atoms with Gasteiger partial charge in [0.1, 0.15) is 0 Å². The second-order valence-corrected chi connectivity index (χ2v) is 2.21. The summed E-state index contributed by atoms with van der Waals surface area (Å²) in [6.07, 6.45) is 5.57. The molecule has 4 heteroatoms. The zero-order chi connectivity index (χ0) is 10.1. The molecule has 0 fully saturated rings. The lowest BCUT2D eigenvalue weighted by atomic mass is 10.4. The summed E-state index contributed by atoms with van der Waals surface area (Å²) in [5, 5.41) is 0. The van der Waals surface area contributed by atoms with E-state index in [0.29, 0.717) is 12.8 Å². The summed E-state index contributed by atoms with van der Waals surface area (Å²) in [5.41, 5.74) is 0. The molecule has 13 heavy (non-hydrogen) atoms. The molecule has 0 N–H and O–H groups in total. The number of hydrogen-bond acceptors (Lipinski definition) is 4. The highest BCUT2D eigenvalue weighted by Gasteiger charge is 1.99. The number of ether oxygens (including phenoxy) is 2. The second kappa shape index (κ2) is 7.17. The molecule has 0 saturated heterocycles. The molecular formula is C9H12O4. The molecule has 0 aliphatic carbocycles. The quantitative estimate of drug-likeness (QED) is 0.270. The average Bonchev–Trinajstić information content (AvgIpc) is 2.16. The smallest absolute Gasteiger partial charge is 0.384 e. The van der Waals surface area contributed by atoms with Gasteiger partial charge in [-0.25, -0.2) is 4.79 Å². The van der Waals surface area contributed by atoms with E-state index in [1.54, 1.807) is 12.8 Å². The van der Waals surface area contributed by atoms with Crippen LogP contribution in [0.3, 0.4) is 0 Å². The topological polar surface area (TPSA) is 52.6 Å². The standard InChI is InChI=1S/C9H12O4/c1-3-8(10)12-6-5-7-13-9(11)4-2/h1H,4-7H2,2H3. The summed E-state index contributed by atoms with van der Waals surface area (Å²) < 4.78 is 9.27. The van der Waals surface area contributed by atoms with E-state index in [1.165, 1.54) is 0 Å². The van der Waals surface area contributed by atoms with E-state index in [0.717, 1.165) is 0 Å². The van der Waals surface area contributed by atoms with Crippen molar-refractivity contribution in [3.63, 3.8) is 0 Å². The maximum Gasteiger partial charge on any atom is 0.384 e. The fourth-order valence-electron chi connectivity index (χ4n) is 0.554. The van der Waals surface area contributed by atoms with E-state index < -0.39 is 5.97 Å². The number of terminal acetylenes is 1. The third-order valence-electron chi connectivity index (χ3n) is 1.19. The van der Waals surface area contributed by atoms with Crippen LogP contribution in [0.4, 0.5) is 0 Å². The van der Waals surface area contributed by atoms with E-state index >= 15 is 0 Å². The van der Waals surface area contributed by atoms with Crippen molar-refractivity contribution in [3.8, 4) is 12.3 Å². The minimum atomic E-state index is -0.693. The lowest BCUT2D eigenvalue weighted by Crippen LogP contribution is -2.08. The number of esters is 2. The van der Waals surface area contributed by atoms with Gasteiger partial charge in [-0.3, -0.25) is 4.79 Å². The van der Waals surface area contributed by atoms with E-state index in [-0.39, 0.29) is 19.2 Å². The van der Waals surface area contributed by atoms with Gasteiger partial charge in [0, 0.05) is 18.8 Å². The molecule has 0 aromatic rings. The molecule has 0 radical (unpaired) electrons. The number of hydrogen-bond donors (Lipinski definition) is 0. The summed E-state index contributed by atoms with van der Waals surface area (Å²) in [6, 6.07) is 0. The van der Waals surface area contributed by atoms with Gasteiger partial charge in [0.15, 0.2) is 0 Å². The molecule has 0 rings (SSSR count). The van der Waals surface area contributed by atoms with Crippen LogP contribution in [0.5, 0.6) is 0 Å². The molecule has 72 valence electrons. The number of carbonyl (C=O) groups is 2. The van der Waals surface area contributed by atoms with Gasteiger partial charge in [-0.05, 0) is 0 Å². The highest BCUT2D eigenvalue weighted by atomic mass is 16.5. The molecule has 0 bridgehead atoms. The maximum atomic E-state index is 10.6. The van der Waals surface area contributed by atoms with Gasteiger partial charge in [0.2, 0.25) is 0 Å². The van der Waals surface area contributed by atoms with E-state index in [2.05, 4.69) is 4.74 Å². The van der Waals surface area contributed by atoms with Crippen LogP contribution >= 0.6 is 0 Å². The van der Waals surface area contributed by atoms with Crippen LogP contribution in [0.2, 0.25) is 0 Å². The molecule has 0 aromatic heterocycles. The lowest BCUT2D eigenvalue weighted by Gasteiger charge is -2.02. The van der Waals surface area contributed by atoms with E-state index in [4.69, 9.17) is 11.2 Å². The van der Waals surface area contributed by atoms with Gasteiger partial charge in [0.25, 0.3) is 0 Å². The van der Waals surface area contributed by atoms with Crippen molar-refractivity contribution in [1.29, 1.82) is 0 Å². The normalized spacial score (nSPS) is 8.62. The van der Waals surface area contributed by atoms with Crippen LogP contribution in [0, 0.1) is 12.3 Å². The van der Waals surface area contributed by atoms with Crippen molar-refractivity contribution in [2.45, 2.75) is 19.8 Å². The Bertz CT molecular complexity index is 214. The Hall–Kier alpha value is -1.50. The van der Waals surface area contributed by atoms with Crippen molar-refractivity contribution >= 4 is 11.9 Å². The maximum absolute atomic E-state index is 10.6. The Kier molecular flexibility index (Phi) is 6.34. The SMILES string of the molecule is C#CC(=O)OCCCOC(=O)CC. The first-order valence-corrected chi connectivity index (χ1v) is 3.99. The van der Waals surface area contributed by atoms with Crippen LogP contribution in [0.25, 0.3) is 0 Å².